The first-order valence-corrected chi connectivity index (χ1v) is 9.19. The molecule has 1 unspecified atom stereocenters. The van der Waals surface area contributed by atoms with Crippen molar-refractivity contribution in [3.63, 3.8) is 0 Å². The summed E-state index contributed by atoms with van der Waals surface area (Å²) >= 11 is 0. The highest BCUT2D eigenvalue weighted by Gasteiger charge is 2.25. The summed E-state index contributed by atoms with van der Waals surface area (Å²) in [6.45, 7) is 4.79. The Bertz CT molecular complexity index is 711. The number of hydrogen-bond acceptors (Lipinski definition) is 3. The summed E-state index contributed by atoms with van der Waals surface area (Å²) < 4.78 is 18.1. The largest absolute Gasteiger partial charge is 0.421 e. The van der Waals surface area contributed by atoms with Crippen molar-refractivity contribution in [2.75, 3.05) is 20.6 Å². The van der Waals surface area contributed by atoms with Gasteiger partial charge in [-0.3, -0.25) is 0 Å². The minimum Gasteiger partial charge on any atom is -0.421 e. The van der Waals surface area contributed by atoms with E-state index in [4.69, 9.17) is 4.52 Å². The summed E-state index contributed by atoms with van der Waals surface area (Å²) in [7, 11) is 0.109. The zero-order valence-electron chi connectivity index (χ0n) is 14.1. The molecule has 0 bridgehead atoms. The number of aryl methyl sites for hydroxylation is 2. The maximum atomic E-state index is 12.6. The lowest BCUT2D eigenvalue weighted by molar-refractivity contribution is 0.386. The molecule has 1 N–H and O–H groups in total. The predicted molar refractivity (Wildman–Crippen MR) is 94.7 cm³/mol. The average molecular weight is 333 g/mol. The molecule has 0 fully saturated rings. The third-order valence-corrected chi connectivity index (χ3v) is 5.02. The molecule has 124 valence electrons. The van der Waals surface area contributed by atoms with Gasteiger partial charge in [0.25, 0.3) is 0 Å². The minimum atomic E-state index is -3.89. The van der Waals surface area contributed by atoms with Gasteiger partial charge in [0.1, 0.15) is 5.75 Å². The van der Waals surface area contributed by atoms with Crippen LogP contribution in [-0.2, 0) is 11.0 Å². The molecule has 0 heterocycles. The second kappa shape index (κ2) is 7.31. The van der Waals surface area contributed by atoms with Crippen LogP contribution in [-0.4, -0.2) is 30.4 Å². The lowest BCUT2D eigenvalue weighted by Gasteiger charge is -2.18. The van der Waals surface area contributed by atoms with Crippen LogP contribution in [0.3, 0.4) is 0 Å². The molecule has 23 heavy (non-hydrogen) atoms. The van der Waals surface area contributed by atoms with Crippen molar-refractivity contribution in [3.05, 3.63) is 59.2 Å². The second-order valence-corrected chi connectivity index (χ2v) is 7.85. The monoisotopic (exact) mass is 333 g/mol. The van der Waals surface area contributed by atoms with E-state index in [1.54, 1.807) is 18.2 Å². The van der Waals surface area contributed by atoms with Crippen LogP contribution >= 0.6 is 7.60 Å². The fourth-order valence-corrected chi connectivity index (χ4v) is 3.33. The number of likely N-dealkylation sites (N-methyl/N-ethyl adjacent to an activating group) is 1. The summed E-state index contributed by atoms with van der Waals surface area (Å²) in [6.07, 6.45) is 0.762. The second-order valence-electron chi connectivity index (χ2n) is 6.11. The molecule has 0 amide bonds. The molecule has 2 aromatic rings. The molecule has 0 spiro atoms. The highest BCUT2D eigenvalue weighted by atomic mass is 31.2. The average Bonchev–Trinajstić information content (AvgIpc) is 2.47. The summed E-state index contributed by atoms with van der Waals surface area (Å²) in [5.41, 5.74) is 3.09. The van der Waals surface area contributed by atoms with Crippen LogP contribution in [0.15, 0.2) is 42.5 Å². The number of benzene rings is 2. The van der Waals surface area contributed by atoms with E-state index in [0.717, 1.165) is 29.7 Å². The van der Waals surface area contributed by atoms with Crippen molar-refractivity contribution in [3.8, 4) is 5.75 Å². The van der Waals surface area contributed by atoms with Gasteiger partial charge in [0.05, 0.1) is 5.30 Å². The smallest absolute Gasteiger partial charge is 0.408 e. The highest BCUT2D eigenvalue weighted by Crippen LogP contribution is 2.43. The van der Waals surface area contributed by atoms with Gasteiger partial charge in [0, 0.05) is 6.54 Å². The van der Waals surface area contributed by atoms with E-state index in [0.29, 0.717) is 11.1 Å². The molecular weight excluding hydrogens is 309 g/mol. The van der Waals surface area contributed by atoms with E-state index in [-0.39, 0.29) is 0 Å². The Hall–Kier alpha value is -1.61. The molecule has 2 aromatic carbocycles. The maximum Gasteiger partial charge on any atom is 0.408 e. The minimum absolute atomic E-state index is 0.308. The zero-order chi connectivity index (χ0) is 17.0. The molecule has 0 saturated carbocycles. The Balaban J connectivity index is 2.27. The molecule has 0 aliphatic carbocycles. The Kier molecular flexibility index (Phi) is 5.64. The van der Waals surface area contributed by atoms with Crippen molar-refractivity contribution < 1.29 is 14.0 Å². The quantitative estimate of drug-likeness (QED) is 0.824. The topological polar surface area (TPSA) is 49.8 Å². The van der Waals surface area contributed by atoms with Gasteiger partial charge in [-0.05, 0) is 58.1 Å². The van der Waals surface area contributed by atoms with E-state index >= 15 is 0 Å². The Labute approximate surface area is 138 Å². The van der Waals surface area contributed by atoms with Crippen molar-refractivity contribution in [1.82, 2.24) is 4.90 Å². The van der Waals surface area contributed by atoms with Gasteiger partial charge >= 0.3 is 7.60 Å². The van der Waals surface area contributed by atoms with E-state index in [1.807, 2.05) is 52.2 Å². The van der Waals surface area contributed by atoms with Crippen LogP contribution in [0.2, 0.25) is 0 Å². The summed E-state index contributed by atoms with van der Waals surface area (Å²) in [5, 5.41) is 0.308. The van der Waals surface area contributed by atoms with Crippen LogP contribution in [0.4, 0.5) is 0 Å². The van der Waals surface area contributed by atoms with Crippen LogP contribution in [0, 0.1) is 13.8 Å². The first-order chi connectivity index (χ1) is 10.8. The summed E-state index contributed by atoms with van der Waals surface area (Å²) in [6, 6.07) is 12.6. The normalized spacial score (nSPS) is 13.8. The van der Waals surface area contributed by atoms with E-state index in [1.165, 1.54) is 0 Å². The van der Waals surface area contributed by atoms with Crippen molar-refractivity contribution >= 4 is 12.9 Å². The van der Waals surface area contributed by atoms with Crippen molar-refractivity contribution in [2.24, 2.45) is 0 Å². The molecule has 5 heteroatoms. The van der Waals surface area contributed by atoms with Crippen LogP contribution < -0.4 is 9.83 Å². The molecule has 0 aromatic heterocycles. The number of nitrogens with zero attached hydrogens (tertiary/aromatic N) is 1. The highest BCUT2D eigenvalue weighted by molar-refractivity contribution is 7.61. The van der Waals surface area contributed by atoms with Gasteiger partial charge in [0.15, 0.2) is 0 Å². The molecule has 0 aliphatic heterocycles. The molecular formula is C18H24NO3P. The van der Waals surface area contributed by atoms with Crippen LogP contribution in [0.1, 0.15) is 16.7 Å². The van der Waals surface area contributed by atoms with E-state index < -0.39 is 7.60 Å². The number of hydrogen-bond donors (Lipinski definition) is 1. The van der Waals surface area contributed by atoms with Gasteiger partial charge < -0.3 is 14.3 Å². The van der Waals surface area contributed by atoms with Gasteiger partial charge in [-0.15, -0.1) is 0 Å². The Morgan fingerprint density at radius 1 is 1.04 bits per heavy atom. The third-order valence-electron chi connectivity index (χ3n) is 3.63. The maximum absolute atomic E-state index is 12.6. The predicted octanol–water partition coefficient (Wildman–Crippen LogP) is 3.30. The van der Waals surface area contributed by atoms with E-state index in [2.05, 4.69) is 4.90 Å². The SMILES string of the molecule is Cc1ccc(P(=O)(O)Oc2ccc(C)cc2CCN(C)C)cc1. The first kappa shape index (κ1) is 17.7. The fourth-order valence-electron chi connectivity index (χ4n) is 2.26. The molecule has 1 atom stereocenters. The number of rotatable bonds is 6. The summed E-state index contributed by atoms with van der Waals surface area (Å²) in [4.78, 5) is 12.4. The van der Waals surface area contributed by atoms with Crippen molar-refractivity contribution in [1.29, 1.82) is 0 Å². The van der Waals surface area contributed by atoms with E-state index in [9.17, 15) is 9.46 Å². The van der Waals surface area contributed by atoms with Crippen molar-refractivity contribution in [2.45, 2.75) is 20.3 Å². The first-order valence-electron chi connectivity index (χ1n) is 7.62. The van der Waals surface area contributed by atoms with Gasteiger partial charge in [0.2, 0.25) is 0 Å². The molecule has 4 nitrogen and oxygen atoms in total. The lowest BCUT2D eigenvalue weighted by Crippen LogP contribution is -2.16. The van der Waals surface area contributed by atoms with Crippen LogP contribution in [0.25, 0.3) is 0 Å². The van der Waals surface area contributed by atoms with Crippen LogP contribution in [0.5, 0.6) is 5.75 Å². The standard InChI is InChI=1S/C18H24NO3P/c1-14-5-8-17(9-6-14)23(20,21)22-18-10-7-15(2)13-16(18)11-12-19(3)4/h5-10,13H,11-12H2,1-4H3,(H,20,21). The van der Waals surface area contributed by atoms with Gasteiger partial charge in [-0.25, -0.2) is 4.57 Å². The fraction of sp³-hybridized carbons (Fsp3) is 0.333. The third kappa shape index (κ3) is 4.93. The molecule has 0 aliphatic rings. The lowest BCUT2D eigenvalue weighted by atomic mass is 10.1. The van der Waals surface area contributed by atoms with Gasteiger partial charge in [-0.2, -0.15) is 0 Å². The van der Waals surface area contributed by atoms with Gasteiger partial charge in [-0.1, -0.05) is 35.4 Å². The zero-order valence-corrected chi connectivity index (χ0v) is 15.0. The Morgan fingerprint density at radius 3 is 2.26 bits per heavy atom. The molecule has 0 radical (unpaired) electrons. The Morgan fingerprint density at radius 2 is 1.65 bits per heavy atom. The molecule has 0 saturated heterocycles. The molecule has 2 rings (SSSR count). The summed E-state index contributed by atoms with van der Waals surface area (Å²) in [5.74, 6) is 0.476.